The standard InChI is InChI=1S/C22H24F2N4O4S/c1-11-7-8-14(32-20(23)24)12(9-11)13(29)10-33-17-15-16(25-19(26-17)22(2,3)4)27(5)21(31)28(6)18(15)30/h7-9,20H,10H2,1-6H3. The van der Waals surface area contributed by atoms with Gasteiger partial charge in [0.2, 0.25) is 0 Å². The molecule has 3 aromatic rings. The van der Waals surface area contributed by atoms with E-state index in [-0.39, 0.29) is 33.1 Å². The van der Waals surface area contributed by atoms with Crippen LogP contribution in [-0.4, -0.2) is 37.2 Å². The second-order valence-electron chi connectivity index (χ2n) is 8.60. The van der Waals surface area contributed by atoms with Crippen molar-refractivity contribution in [3.63, 3.8) is 0 Å². The van der Waals surface area contributed by atoms with E-state index in [2.05, 4.69) is 14.7 Å². The van der Waals surface area contributed by atoms with Crippen LogP contribution in [0.3, 0.4) is 0 Å². The summed E-state index contributed by atoms with van der Waals surface area (Å²) in [5.41, 5.74) is -0.740. The number of aromatic nitrogens is 4. The van der Waals surface area contributed by atoms with E-state index in [1.165, 1.54) is 30.8 Å². The number of hydrogen-bond donors (Lipinski definition) is 0. The summed E-state index contributed by atoms with van der Waals surface area (Å²) in [7, 11) is 2.85. The predicted molar refractivity (Wildman–Crippen MR) is 122 cm³/mol. The molecule has 0 aliphatic heterocycles. The first-order valence-electron chi connectivity index (χ1n) is 10.0. The average Bonchev–Trinajstić information content (AvgIpc) is 2.74. The third-order valence-electron chi connectivity index (χ3n) is 4.93. The number of alkyl halides is 2. The number of benzene rings is 1. The third-order valence-corrected chi connectivity index (χ3v) is 5.90. The molecule has 0 unspecified atom stereocenters. The summed E-state index contributed by atoms with van der Waals surface area (Å²) in [4.78, 5) is 47.2. The van der Waals surface area contributed by atoms with E-state index in [0.29, 0.717) is 11.4 Å². The van der Waals surface area contributed by atoms with Crippen LogP contribution in [0.2, 0.25) is 0 Å². The Morgan fingerprint density at radius 3 is 2.42 bits per heavy atom. The zero-order chi connectivity index (χ0) is 24.7. The number of hydrogen-bond acceptors (Lipinski definition) is 7. The highest BCUT2D eigenvalue weighted by Crippen LogP contribution is 2.29. The molecule has 0 aliphatic rings. The van der Waals surface area contributed by atoms with E-state index in [1.54, 1.807) is 13.0 Å². The zero-order valence-corrected chi connectivity index (χ0v) is 19.9. The number of fused-ring (bicyclic) bond motifs is 1. The van der Waals surface area contributed by atoms with Gasteiger partial charge in [0, 0.05) is 19.5 Å². The lowest BCUT2D eigenvalue weighted by Crippen LogP contribution is -2.38. The average molecular weight is 479 g/mol. The normalized spacial score (nSPS) is 11.9. The summed E-state index contributed by atoms with van der Waals surface area (Å²) >= 11 is 0.982. The first kappa shape index (κ1) is 24.6. The molecule has 0 amide bonds. The predicted octanol–water partition coefficient (Wildman–Crippen LogP) is 3.21. The van der Waals surface area contributed by atoms with Gasteiger partial charge >= 0.3 is 12.3 Å². The van der Waals surface area contributed by atoms with Crippen LogP contribution in [0.25, 0.3) is 11.0 Å². The van der Waals surface area contributed by atoms with Gasteiger partial charge in [-0.1, -0.05) is 44.2 Å². The summed E-state index contributed by atoms with van der Waals surface area (Å²) in [5.74, 6) is -0.483. The van der Waals surface area contributed by atoms with Gasteiger partial charge in [-0.05, 0) is 19.1 Å². The van der Waals surface area contributed by atoms with Crippen LogP contribution >= 0.6 is 11.8 Å². The Labute approximate surface area is 192 Å². The molecule has 0 N–H and O–H groups in total. The van der Waals surface area contributed by atoms with Crippen LogP contribution in [0.5, 0.6) is 5.75 Å². The fourth-order valence-electron chi connectivity index (χ4n) is 3.14. The number of Topliss-reactive ketones (excluding diaryl/α,β-unsaturated/α-hetero) is 1. The van der Waals surface area contributed by atoms with Crippen molar-refractivity contribution in [2.24, 2.45) is 14.1 Å². The number of aryl methyl sites for hydroxylation is 2. The van der Waals surface area contributed by atoms with Gasteiger partial charge < -0.3 is 4.74 Å². The number of carbonyl (C=O) groups is 1. The van der Waals surface area contributed by atoms with Gasteiger partial charge in [0.15, 0.2) is 11.4 Å². The van der Waals surface area contributed by atoms with E-state index in [1.807, 2.05) is 20.8 Å². The molecule has 0 aliphatic carbocycles. The number of halogens is 2. The molecule has 176 valence electrons. The smallest absolute Gasteiger partial charge is 0.387 e. The molecule has 11 heteroatoms. The highest BCUT2D eigenvalue weighted by Gasteiger charge is 2.25. The maximum atomic E-state index is 12.9. The van der Waals surface area contributed by atoms with Crippen molar-refractivity contribution in [2.45, 2.75) is 44.7 Å². The molecule has 2 aromatic heterocycles. The number of ether oxygens (including phenoxy) is 1. The fraction of sp³-hybridized carbons (Fsp3) is 0.409. The second kappa shape index (κ2) is 9.05. The van der Waals surface area contributed by atoms with Gasteiger partial charge in [0.05, 0.1) is 11.3 Å². The third kappa shape index (κ3) is 4.97. The first-order chi connectivity index (χ1) is 15.3. The van der Waals surface area contributed by atoms with E-state index in [9.17, 15) is 23.2 Å². The lowest BCUT2D eigenvalue weighted by Gasteiger charge is -2.19. The van der Waals surface area contributed by atoms with Gasteiger partial charge in [0.25, 0.3) is 5.56 Å². The molecular weight excluding hydrogens is 454 g/mol. The molecule has 0 saturated carbocycles. The summed E-state index contributed by atoms with van der Waals surface area (Å²) in [5, 5.41) is 0.345. The molecule has 0 radical (unpaired) electrons. The van der Waals surface area contributed by atoms with Crippen LogP contribution < -0.4 is 16.0 Å². The molecule has 2 heterocycles. The number of rotatable bonds is 6. The Balaban J connectivity index is 2.10. The maximum absolute atomic E-state index is 12.9. The van der Waals surface area contributed by atoms with E-state index in [0.717, 1.165) is 16.3 Å². The molecule has 3 rings (SSSR count). The quantitative estimate of drug-likeness (QED) is 0.305. The van der Waals surface area contributed by atoms with E-state index < -0.39 is 29.1 Å². The highest BCUT2D eigenvalue weighted by atomic mass is 32.2. The monoisotopic (exact) mass is 478 g/mol. The zero-order valence-electron chi connectivity index (χ0n) is 19.1. The Morgan fingerprint density at radius 2 is 1.82 bits per heavy atom. The topological polar surface area (TPSA) is 96.1 Å². The van der Waals surface area contributed by atoms with Crippen LogP contribution in [0.1, 0.15) is 42.5 Å². The second-order valence-corrected chi connectivity index (χ2v) is 9.56. The van der Waals surface area contributed by atoms with Crippen LogP contribution in [0, 0.1) is 6.92 Å². The summed E-state index contributed by atoms with van der Waals surface area (Å²) in [6.45, 7) is 4.30. The molecular formula is C22H24F2N4O4S. The molecule has 33 heavy (non-hydrogen) atoms. The molecule has 8 nitrogen and oxygen atoms in total. The highest BCUT2D eigenvalue weighted by molar-refractivity contribution is 8.00. The van der Waals surface area contributed by atoms with Crippen molar-refractivity contribution in [1.82, 2.24) is 19.1 Å². The SMILES string of the molecule is Cc1ccc(OC(F)F)c(C(=O)CSc2nc(C(C)(C)C)nc3c2c(=O)n(C)c(=O)n3C)c1. The minimum absolute atomic E-state index is 0.0116. The molecule has 0 saturated heterocycles. The Hall–Kier alpha value is -3.08. The minimum atomic E-state index is -3.07. The van der Waals surface area contributed by atoms with E-state index in [4.69, 9.17) is 0 Å². The molecule has 0 fully saturated rings. The number of nitrogens with zero attached hydrogens (tertiary/aromatic N) is 4. The van der Waals surface area contributed by atoms with Gasteiger partial charge in [-0.15, -0.1) is 0 Å². The van der Waals surface area contributed by atoms with Crippen molar-refractivity contribution < 1.29 is 18.3 Å². The Morgan fingerprint density at radius 1 is 1.15 bits per heavy atom. The van der Waals surface area contributed by atoms with Crippen LogP contribution in [0.4, 0.5) is 8.78 Å². The van der Waals surface area contributed by atoms with Crippen molar-refractivity contribution in [3.05, 3.63) is 56.0 Å². The summed E-state index contributed by atoms with van der Waals surface area (Å²) < 4.78 is 32.3. The lowest BCUT2D eigenvalue weighted by atomic mass is 9.96. The van der Waals surface area contributed by atoms with Crippen molar-refractivity contribution in [3.8, 4) is 5.75 Å². The molecule has 0 spiro atoms. The number of thioether (sulfide) groups is 1. The number of carbonyl (C=O) groups excluding carboxylic acids is 1. The Bertz CT molecular complexity index is 1360. The first-order valence-corrected chi connectivity index (χ1v) is 11.0. The fourth-order valence-corrected chi connectivity index (χ4v) is 4.04. The van der Waals surface area contributed by atoms with Gasteiger partial charge in [-0.2, -0.15) is 8.78 Å². The van der Waals surface area contributed by atoms with Crippen molar-refractivity contribution in [1.29, 1.82) is 0 Å². The minimum Gasteiger partial charge on any atom is -0.434 e. The lowest BCUT2D eigenvalue weighted by molar-refractivity contribution is -0.0501. The molecule has 0 atom stereocenters. The Kier molecular flexibility index (Phi) is 6.73. The maximum Gasteiger partial charge on any atom is 0.387 e. The molecule has 0 bridgehead atoms. The van der Waals surface area contributed by atoms with Gasteiger partial charge in [0.1, 0.15) is 22.0 Å². The van der Waals surface area contributed by atoms with Gasteiger partial charge in [-0.3, -0.25) is 18.7 Å². The van der Waals surface area contributed by atoms with Crippen LogP contribution in [-0.2, 0) is 19.5 Å². The van der Waals surface area contributed by atoms with Gasteiger partial charge in [-0.25, -0.2) is 14.8 Å². The van der Waals surface area contributed by atoms with Crippen molar-refractivity contribution >= 4 is 28.6 Å². The van der Waals surface area contributed by atoms with Crippen LogP contribution in [0.15, 0.2) is 32.8 Å². The van der Waals surface area contributed by atoms with E-state index >= 15 is 0 Å². The summed E-state index contributed by atoms with van der Waals surface area (Å²) in [6, 6.07) is 4.37. The molecule has 1 aromatic carbocycles. The summed E-state index contributed by atoms with van der Waals surface area (Å²) in [6.07, 6.45) is 0. The largest absolute Gasteiger partial charge is 0.434 e. The number of ketones is 1. The van der Waals surface area contributed by atoms with Crippen molar-refractivity contribution in [2.75, 3.05) is 5.75 Å².